The van der Waals surface area contributed by atoms with Crippen LogP contribution in [0.5, 0.6) is 6.01 Å². The maximum Gasteiger partial charge on any atom is 0.318 e. The number of halogens is 3. The van der Waals surface area contributed by atoms with E-state index in [0.29, 0.717) is 38.6 Å². The molecule has 5 aliphatic rings. The molecule has 41 heavy (non-hydrogen) atoms. The SMILES string of the molecule is N#C[C@@H]1CCCN(c2nc(OC[C@@]34CCCN3C[C@H](F)C4)nc3c2COC2(CCCc4c(Cl)cc(Br)cc42)C3)CC1. The van der Waals surface area contributed by atoms with Gasteiger partial charge in [0.05, 0.1) is 29.5 Å². The van der Waals surface area contributed by atoms with Crippen molar-refractivity contribution in [1.82, 2.24) is 14.9 Å². The quantitative estimate of drug-likeness (QED) is 0.388. The van der Waals surface area contributed by atoms with Gasteiger partial charge in [-0.05, 0) is 81.2 Å². The van der Waals surface area contributed by atoms with Crippen LogP contribution in [0.4, 0.5) is 10.2 Å². The third kappa shape index (κ3) is 5.03. The molecule has 0 amide bonds. The summed E-state index contributed by atoms with van der Waals surface area (Å²) in [7, 11) is 0. The van der Waals surface area contributed by atoms with Gasteiger partial charge in [-0.2, -0.15) is 15.2 Å². The van der Waals surface area contributed by atoms with Crippen LogP contribution in [0.25, 0.3) is 0 Å². The van der Waals surface area contributed by atoms with E-state index < -0.39 is 11.8 Å². The normalized spacial score (nSPS) is 31.3. The van der Waals surface area contributed by atoms with Crippen molar-refractivity contribution in [2.24, 2.45) is 5.92 Å². The van der Waals surface area contributed by atoms with Crippen LogP contribution in [0.15, 0.2) is 16.6 Å². The van der Waals surface area contributed by atoms with Crippen molar-refractivity contribution >= 4 is 33.3 Å². The summed E-state index contributed by atoms with van der Waals surface area (Å²) in [5, 5.41) is 10.3. The maximum atomic E-state index is 14.4. The smallest absolute Gasteiger partial charge is 0.318 e. The summed E-state index contributed by atoms with van der Waals surface area (Å²) in [6.07, 6.45) is 7.80. The highest BCUT2D eigenvalue weighted by Gasteiger charge is 2.50. The molecule has 1 aromatic heterocycles. The molecule has 4 atom stereocenters. The molecule has 0 N–H and O–H groups in total. The van der Waals surface area contributed by atoms with Gasteiger partial charge >= 0.3 is 6.01 Å². The summed E-state index contributed by atoms with van der Waals surface area (Å²) in [4.78, 5) is 14.6. The van der Waals surface area contributed by atoms with E-state index in [-0.39, 0.29) is 11.5 Å². The first-order valence-electron chi connectivity index (χ1n) is 15.1. The van der Waals surface area contributed by atoms with Crippen LogP contribution >= 0.6 is 27.5 Å². The topological polar surface area (TPSA) is 74.5 Å². The number of nitrogens with zero attached hydrogens (tertiary/aromatic N) is 5. The van der Waals surface area contributed by atoms with E-state index >= 15 is 0 Å². The highest BCUT2D eigenvalue weighted by molar-refractivity contribution is 9.10. The summed E-state index contributed by atoms with van der Waals surface area (Å²) in [5.74, 6) is 0.926. The molecule has 3 fully saturated rings. The van der Waals surface area contributed by atoms with Gasteiger partial charge in [-0.15, -0.1) is 0 Å². The number of hydrogen-bond donors (Lipinski definition) is 0. The molecule has 4 aliphatic heterocycles. The van der Waals surface area contributed by atoms with Gasteiger partial charge < -0.3 is 14.4 Å². The maximum absolute atomic E-state index is 14.4. The first-order chi connectivity index (χ1) is 19.9. The molecular weight excluding hydrogens is 609 g/mol. The van der Waals surface area contributed by atoms with E-state index in [2.05, 4.69) is 37.9 Å². The minimum absolute atomic E-state index is 0.0679. The number of alkyl halides is 1. The molecule has 0 bridgehead atoms. The van der Waals surface area contributed by atoms with Crippen molar-refractivity contribution in [2.75, 3.05) is 37.7 Å². The lowest BCUT2D eigenvalue weighted by Crippen LogP contribution is -2.44. The van der Waals surface area contributed by atoms with Crippen LogP contribution in [-0.4, -0.2) is 59.4 Å². The third-order valence-electron chi connectivity index (χ3n) is 10.1. The lowest BCUT2D eigenvalue weighted by molar-refractivity contribution is -0.0856. The van der Waals surface area contributed by atoms with E-state index in [4.69, 9.17) is 31.0 Å². The highest BCUT2D eigenvalue weighted by Crippen LogP contribution is 2.48. The Morgan fingerprint density at radius 3 is 2.93 bits per heavy atom. The van der Waals surface area contributed by atoms with Crippen LogP contribution < -0.4 is 9.64 Å². The second kappa shape index (κ2) is 10.9. The molecule has 1 aromatic carbocycles. The van der Waals surface area contributed by atoms with Gasteiger partial charge in [0.1, 0.15) is 18.6 Å². The lowest BCUT2D eigenvalue weighted by Gasteiger charge is -2.43. The fraction of sp³-hybridized carbons (Fsp3) is 0.645. The first-order valence-corrected chi connectivity index (χ1v) is 16.2. The van der Waals surface area contributed by atoms with Crippen LogP contribution in [0.1, 0.15) is 73.8 Å². The second-order valence-electron chi connectivity index (χ2n) is 12.6. The molecule has 7 nitrogen and oxygen atoms in total. The molecule has 10 heteroatoms. The molecule has 1 aliphatic carbocycles. The zero-order valence-electron chi connectivity index (χ0n) is 23.3. The van der Waals surface area contributed by atoms with Gasteiger partial charge in [0.15, 0.2) is 0 Å². The minimum Gasteiger partial charge on any atom is -0.461 e. The highest BCUT2D eigenvalue weighted by atomic mass is 79.9. The number of rotatable bonds is 4. The first kappa shape index (κ1) is 27.8. The van der Waals surface area contributed by atoms with Gasteiger partial charge in [0.2, 0.25) is 0 Å². The van der Waals surface area contributed by atoms with Gasteiger partial charge in [0.25, 0.3) is 0 Å². The van der Waals surface area contributed by atoms with Gasteiger partial charge in [-0.3, -0.25) is 4.90 Å². The average molecular weight is 645 g/mol. The summed E-state index contributed by atoms with van der Waals surface area (Å²) in [6.45, 7) is 3.82. The van der Waals surface area contributed by atoms with E-state index in [1.165, 1.54) is 0 Å². The Morgan fingerprint density at radius 1 is 1.15 bits per heavy atom. The Hall–Kier alpha value is -1.99. The van der Waals surface area contributed by atoms with Crippen molar-refractivity contribution in [3.05, 3.63) is 44.0 Å². The van der Waals surface area contributed by atoms with Gasteiger partial charge in [-0.1, -0.05) is 27.5 Å². The Kier molecular flexibility index (Phi) is 7.42. The van der Waals surface area contributed by atoms with Crippen molar-refractivity contribution in [1.29, 1.82) is 5.26 Å². The van der Waals surface area contributed by atoms with Crippen molar-refractivity contribution < 1.29 is 13.9 Å². The monoisotopic (exact) mass is 643 g/mol. The molecule has 0 radical (unpaired) electrons. The van der Waals surface area contributed by atoms with Crippen LogP contribution in [0, 0.1) is 17.2 Å². The molecule has 218 valence electrons. The Bertz CT molecular complexity index is 1390. The number of fused-ring (bicyclic) bond motifs is 4. The largest absolute Gasteiger partial charge is 0.461 e. The fourth-order valence-electron chi connectivity index (χ4n) is 8.01. The molecular formula is C31H36BrClFN5O2. The van der Waals surface area contributed by atoms with E-state index in [1.54, 1.807) is 0 Å². The predicted molar refractivity (Wildman–Crippen MR) is 158 cm³/mol. The molecule has 5 heterocycles. The number of nitriles is 1. The van der Waals surface area contributed by atoms with E-state index in [9.17, 15) is 9.65 Å². The van der Waals surface area contributed by atoms with Crippen molar-refractivity contribution in [3.63, 3.8) is 0 Å². The van der Waals surface area contributed by atoms with Crippen LogP contribution in [-0.2, 0) is 29.8 Å². The van der Waals surface area contributed by atoms with Crippen molar-refractivity contribution in [2.45, 2.75) is 88.1 Å². The molecule has 2 aromatic rings. The van der Waals surface area contributed by atoms with Crippen molar-refractivity contribution in [3.8, 4) is 12.1 Å². The molecule has 1 unspecified atom stereocenters. The van der Waals surface area contributed by atoms with E-state index in [1.807, 2.05) is 6.07 Å². The Balaban J connectivity index is 1.25. The summed E-state index contributed by atoms with van der Waals surface area (Å²) in [5.41, 5.74) is 3.50. The minimum atomic E-state index is -0.807. The standard InChI is InChI=1S/C31H36BrClFN5O2/c32-21-12-25-23(26(33)13-21)5-1-8-31(25)15-27-24(18-41-31)28(38-9-2-4-20(16-35)6-11-38)37-29(36-27)40-19-30-7-3-10-39(30)17-22(34)14-30/h12-13,20,22H,1-11,14-15,17-19H2/t20-,22-,30+,31?/m1/s1. The zero-order valence-corrected chi connectivity index (χ0v) is 25.7. The number of ether oxygens (including phenoxy) is 2. The Labute approximate surface area is 254 Å². The summed E-state index contributed by atoms with van der Waals surface area (Å²) in [6, 6.07) is 6.95. The number of benzene rings is 1. The zero-order chi connectivity index (χ0) is 28.2. The summed E-state index contributed by atoms with van der Waals surface area (Å²) < 4.78 is 28.6. The van der Waals surface area contributed by atoms with Crippen LogP contribution in [0.3, 0.4) is 0 Å². The van der Waals surface area contributed by atoms with E-state index in [0.717, 1.165) is 109 Å². The van der Waals surface area contributed by atoms with Gasteiger partial charge in [0, 0.05) is 53.5 Å². The number of hydrogen-bond acceptors (Lipinski definition) is 7. The lowest BCUT2D eigenvalue weighted by atomic mass is 9.75. The molecule has 0 saturated carbocycles. The third-order valence-corrected chi connectivity index (χ3v) is 10.9. The predicted octanol–water partition coefficient (Wildman–Crippen LogP) is 6.28. The summed E-state index contributed by atoms with van der Waals surface area (Å²) >= 11 is 10.4. The fourth-order valence-corrected chi connectivity index (χ4v) is 8.92. The second-order valence-corrected chi connectivity index (χ2v) is 13.9. The molecule has 7 rings (SSSR count). The van der Waals surface area contributed by atoms with Crippen LogP contribution in [0.2, 0.25) is 5.02 Å². The molecule has 3 saturated heterocycles. The van der Waals surface area contributed by atoms with Gasteiger partial charge in [-0.25, -0.2) is 4.39 Å². The number of anilines is 1. The average Bonchev–Trinajstić information content (AvgIpc) is 3.36. The number of aromatic nitrogens is 2. The Morgan fingerprint density at radius 2 is 2.05 bits per heavy atom. The molecule has 1 spiro atoms.